The third kappa shape index (κ3) is 2.49. The van der Waals surface area contributed by atoms with Crippen LogP contribution in [-0.4, -0.2) is 23.5 Å². The van der Waals surface area contributed by atoms with Gasteiger partial charge in [-0.05, 0) is 64.4 Å². The lowest BCUT2D eigenvalue weighted by Gasteiger charge is -2.42. The van der Waals surface area contributed by atoms with Crippen molar-refractivity contribution in [2.24, 2.45) is 5.73 Å². The van der Waals surface area contributed by atoms with Gasteiger partial charge in [-0.3, -0.25) is 4.90 Å². The molecule has 3 nitrogen and oxygen atoms in total. The van der Waals surface area contributed by atoms with E-state index >= 15 is 0 Å². The molecule has 21 heavy (non-hydrogen) atoms. The Hall–Kier alpha value is -1.32. The van der Waals surface area contributed by atoms with Gasteiger partial charge in [-0.1, -0.05) is 18.6 Å². The van der Waals surface area contributed by atoms with Crippen LogP contribution >= 0.6 is 0 Å². The van der Waals surface area contributed by atoms with Crippen molar-refractivity contribution < 1.29 is 4.42 Å². The number of benzene rings is 1. The SMILES string of the molecule is CCC(C)(C(N)c1cc2cc(C)ccc2o1)N1CCCC1. The number of nitrogens with two attached hydrogens (primary N) is 1. The number of hydrogen-bond donors (Lipinski definition) is 1. The molecule has 3 rings (SSSR count). The van der Waals surface area contributed by atoms with Crippen LogP contribution in [-0.2, 0) is 0 Å². The Bertz CT molecular complexity index is 627. The first-order valence-electron chi connectivity index (χ1n) is 8.05. The summed E-state index contributed by atoms with van der Waals surface area (Å²) in [7, 11) is 0. The number of hydrogen-bond acceptors (Lipinski definition) is 3. The van der Waals surface area contributed by atoms with Crippen molar-refractivity contribution in [1.82, 2.24) is 4.90 Å². The fourth-order valence-electron chi connectivity index (χ4n) is 3.51. The third-order valence-electron chi connectivity index (χ3n) is 5.21. The normalized spacial score (nSPS) is 20.8. The van der Waals surface area contributed by atoms with Gasteiger partial charge in [0.15, 0.2) is 0 Å². The van der Waals surface area contributed by atoms with Gasteiger partial charge in [0.05, 0.1) is 6.04 Å². The van der Waals surface area contributed by atoms with Crippen LogP contribution in [0, 0.1) is 6.92 Å². The van der Waals surface area contributed by atoms with Crippen LogP contribution in [0.4, 0.5) is 0 Å². The van der Waals surface area contributed by atoms with E-state index in [1.807, 2.05) is 6.07 Å². The predicted octanol–water partition coefficient (Wildman–Crippen LogP) is 4.01. The molecule has 0 amide bonds. The number of rotatable bonds is 4. The summed E-state index contributed by atoms with van der Waals surface area (Å²) in [5, 5.41) is 1.15. The summed E-state index contributed by atoms with van der Waals surface area (Å²) in [5.41, 5.74) is 8.79. The smallest absolute Gasteiger partial charge is 0.134 e. The Morgan fingerprint density at radius 3 is 2.67 bits per heavy atom. The van der Waals surface area contributed by atoms with Crippen molar-refractivity contribution in [3.63, 3.8) is 0 Å². The van der Waals surface area contributed by atoms with Crippen molar-refractivity contribution in [3.05, 3.63) is 35.6 Å². The average molecular weight is 286 g/mol. The van der Waals surface area contributed by atoms with Gasteiger partial charge in [-0.25, -0.2) is 0 Å². The second-order valence-electron chi connectivity index (χ2n) is 6.57. The van der Waals surface area contributed by atoms with Gasteiger partial charge in [0.2, 0.25) is 0 Å². The highest BCUT2D eigenvalue weighted by Gasteiger charge is 2.39. The molecule has 0 aliphatic carbocycles. The molecular weight excluding hydrogens is 260 g/mol. The second-order valence-corrected chi connectivity index (χ2v) is 6.57. The van der Waals surface area contributed by atoms with E-state index in [-0.39, 0.29) is 11.6 Å². The van der Waals surface area contributed by atoms with E-state index in [9.17, 15) is 0 Å². The van der Waals surface area contributed by atoms with E-state index in [0.29, 0.717) is 0 Å². The molecule has 1 saturated heterocycles. The minimum Gasteiger partial charge on any atom is -0.459 e. The van der Waals surface area contributed by atoms with Crippen molar-refractivity contribution in [2.45, 2.75) is 51.6 Å². The average Bonchev–Trinajstić information content (AvgIpc) is 3.14. The van der Waals surface area contributed by atoms with Gasteiger partial charge in [-0.15, -0.1) is 0 Å². The third-order valence-corrected chi connectivity index (χ3v) is 5.21. The minimum atomic E-state index is -0.0895. The van der Waals surface area contributed by atoms with E-state index in [4.69, 9.17) is 10.2 Å². The zero-order valence-electron chi connectivity index (χ0n) is 13.4. The molecule has 1 aromatic carbocycles. The Morgan fingerprint density at radius 2 is 2.00 bits per heavy atom. The topological polar surface area (TPSA) is 42.4 Å². The summed E-state index contributed by atoms with van der Waals surface area (Å²) in [6.07, 6.45) is 3.59. The van der Waals surface area contributed by atoms with E-state index in [1.165, 1.54) is 18.4 Å². The Kier molecular flexibility index (Phi) is 3.80. The van der Waals surface area contributed by atoms with Crippen molar-refractivity contribution in [2.75, 3.05) is 13.1 Å². The first kappa shape index (κ1) is 14.6. The zero-order chi connectivity index (χ0) is 15.0. The summed E-state index contributed by atoms with van der Waals surface area (Å²) < 4.78 is 6.04. The highest BCUT2D eigenvalue weighted by Crippen LogP contribution is 2.37. The molecule has 2 heterocycles. The Labute approximate surface area is 127 Å². The standard InChI is InChI=1S/C18H26N2O/c1-4-18(3,20-9-5-6-10-20)17(19)16-12-14-11-13(2)7-8-15(14)21-16/h7-8,11-12,17H,4-6,9-10,19H2,1-3H3. The molecular formula is C18H26N2O. The molecule has 2 aromatic rings. The van der Waals surface area contributed by atoms with Crippen LogP contribution in [0.15, 0.2) is 28.7 Å². The van der Waals surface area contributed by atoms with Crippen LogP contribution < -0.4 is 5.73 Å². The van der Waals surface area contributed by atoms with Crippen LogP contribution in [0.2, 0.25) is 0 Å². The summed E-state index contributed by atoms with van der Waals surface area (Å²) in [5.74, 6) is 0.909. The number of likely N-dealkylation sites (tertiary alicyclic amines) is 1. The first-order chi connectivity index (χ1) is 10.0. The maximum Gasteiger partial charge on any atom is 0.134 e. The van der Waals surface area contributed by atoms with E-state index in [0.717, 1.165) is 36.2 Å². The molecule has 2 atom stereocenters. The van der Waals surface area contributed by atoms with E-state index in [2.05, 4.69) is 43.9 Å². The van der Waals surface area contributed by atoms with Crippen LogP contribution in [0.25, 0.3) is 11.0 Å². The van der Waals surface area contributed by atoms with Gasteiger partial charge in [0, 0.05) is 10.9 Å². The lowest BCUT2D eigenvalue weighted by atomic mass is 9.86. The fourth-order valence-corrected chi connectivity index (χ4v) is 3.51. The molecule has 0 bridgehead atoms. The van der Waals surface area contributed by atoms with Crippen molar-refractivity contribution >= 4 is 11.0 Å². The second kappa shape index (κ2) is 5.47. The molecule has 1 aliphatic heterocycles. The first-order valence-corrected chi connectivity index (χ1v) is 8.05. The molecule has 1 fully saturated rings. The largest absolute Gasteiger partial charge is 0.459 e. The maximum atomic E-state index is 6.63. The molecule has 0 saturated carbocycles. The van der Waals surface area contributed by atoms with Gasteiger partial charge in [0.1, 0.15) is 11.3 Å². The number of nitrogens with zero attached hydrogens (tertiary/aromatic N) is 1. The molecule has 114 valence electrons. The van der Waals surface area contributed by atoms with Gasteiger partial charge in [-0.2, -0.15) is 0 Å². The van der Waals surface area contributed by atoms with Crippen LogP contribution in [0.1, 0.15) is 50.5 Å². The Morgan fingerprint density at radius 1 is 1.29 bits per heavy atom. The monoisotopic (exact) mass is 286 g/mol. The summed E-state index contributed by atoms with van der Waals surface area (Å²) in [4.78, 5) is 2.54. The molecule has 0 radical (unpaired) electrons. The molecule has 1 aromatic heterocycles. The zero-order valence-corrected chi connectivity index (χ0v) is 13.4. The summed E-state index contributed by atoms with van der Waals surface area (Å²) >= 11 is 0. The molecule has 3 heteroatoms. The molecule has 2 unspecified atom stereocenters. The van der Waals surface area contributed by atoms with E-state index in [1.54, 1.807) is 0 Å². The van der Waals surface area contributed by atoms with Crippen molar-refractivity contribution in [1.29, 1.82) is 0 Å². The minimum absolute atomic E-state index is 0.0284. The quantitative estimate of drug-likeness (QED) is 0.923. The fraction of sp³-hybridized carbons (Fsp3) is 0.556. The summed E-state index contributed by atoms with van der Waals surface area (Å²) in [6, 6.07) is 8.32. The molecule has 1 aliphatic rings. The highest BCUT2D eigenvalue weighted by molar-refractivity contribution is 5.78. The highest BCUT2D eigenvalue weighted by atomic mass is 16.3. The Balaban J connectivity index is 1.95. The maximum absolute atomic E-state index is 6.63. The molecule has 2 N–H and O–H groups in total. The predicted molar refractivity (Wildman–Crippen MR) is 87.4 cm³/mol. The van der Waals surface area contributed by atoms with Crippen LogP contribution in [0.3, 0.4) is 0 Å². The lowest BCUT2D eigenvalue weighted by molar-refractivity contribution is 0.0920. The number of furan rings is 1. The van der Waals surface area contributed by atoms with Gasteiger partial charge < -0.3 is 10.2 Å². The van der Waals surface area contributed by atoms with E-state index < -0.39 is 0 Å². The molecule has 0 spiro atoms. The van der Waals surface area contributed by atoms with Crippen LogP contribution in [0.5, 0.6) is 0 Å². The lowest BCUT2D eigenvalue weighted by Crippen LogP contribution is -2.51. The van der Waals surface area contributed by atoms with Crippen molar-refractivity contribution in [3.8, 4) is 0 Å². The van der Waals surface area contributed by atoms with Gasteiger partial charge in [0.25, 0.3) is 0 Å². The van der Waals surface area contributed by atoms with Gasteiger partial charge >= 0.3 is 0 Å². The summed E-state index contributed by atoms with van der Waals surface area (Å²) in [6.45, 7) is 8.91. The number of aryl methyl sites for hydroxylation is 1. The number of fused-ring (bicyclic) bond motifs is 1.